The molecule has 0 saturated carbocycles. The fourth-order valence-electron chi connectivity index (χ4n) is 2.33. The Morgan fingerprint density at radius 1 is 0.955 bits per heavy atom. The molecule has 0 aliphatic carbocycles. The van der Waals surface area contributed by atoms with Crippen LogP contribution in [-0.4, -0.2) is 25.2 Å². The number of nitriles is 1. The van der Waals surface area contributed by atoms with Crippen molar-refractivity contribution in [3.05, 3.63) is 70.8 Å². The first-order valence-corrected chi connectivity index (χ1v) is 7.47. The van der Waals surface area contributed by atoms with E-state index < -0.39 is 0 Å². The van der Waals surface area contributed by atoms with Gasteiger partial charge in [0.2, 0.25) is 0 Å². The maximum atomic E-state index is 8.87. The quantitative estimate of drug-likeness (QED) is 0.784. The average molecular weight is 294 g/mol. The van der Waals surface area contributed by atoms with Gasteiger partial charge in [-0.25, -0.2) is 0 Å². The second-order valence-corrected chi connectivity index (χ2v) is 5.50. The molecule has 0 radical (unpaired) electrons. The smallest absolute Gasteiger partial charge is 0.0991 e. The lowest BCUT2D eigenvalue weighted by molar-refractivity contribution is 0.140. The van der Waals surface area contributed by atoms with Gasteiger partial charge in [-0.05, 0) is 30.2 Å². The Morgan fingerprint density at radius 2 is 1.50 bits per heavy atom. The van der Waals surface area contributed by atoms with E-state index in [-0.39, 0.29) is 0 Å². The summed E-state index contributed by atoms with van der Waals surface area (Å²) in [6.45, 7) is 5.43. The molecule has 114 valence electrons. The van der Waals surface area contributed by atoms with Crippen LogP contribution in [0.2, 0.25) is 0 Å². The molecule has 0 amide bonds. The van der Waals surface area contributed by atoms with E-state index in [9.17, 15) is 0 Å². The summed E-state index contributed by atoms with van der Waals surface area (Å²) < 4.78 is 5.22. The Balaban J connectivity index is 2.04. The van der Waals surface area contributed by atoms with Crippen molar-refractivity contribution in [2.75, 3.05) is 20.3 Å². The third kappa shape index (κ3) is 5.00. The molecule has 3 heteroatoms. The van der Waals surface area contributed by atoms with Crippen LogP contribution < -0.4 is 0 Å². The van der Waals surface area contributed by atoms with Crippen molar-refractivity contribution in [3.63, 3.8) is 0 Å². The van der Waals surface area contributed by atoms with Crippen molar-refractivity contribution >= 4 is 0 Å². The van der Waals surface area contributed by atoms with Gasteiger partial charge >= 0.3 is 0 Å². The Bertz CT molecular complexity index is 611. The molecule has 0 atom stereocenters. The first-order chi connectivity index (χ1) is 10.7. The Morgan fingerprint density at radius 3 is 2.00 bits per heavy atom. The molecule has 0 aliphatic heterocycles. The molecule has 2 aromatic rings. The highest BCUT2D eigenvalue weighted by atomic mass is 16.5. The summed E-state index contributed by atoms with van der Waals surface area (Å²) in [5.41, 5.74) is 4.49. The SMILES string of the molecule is COCCN(Cc1ccc(C)cc1)Cc1ccc(C#N)cc1. The molecule has 3 nitrogen and oxygen atoms in total. The average Bonchev–Trinajstić information content (AvgIpc) is 2.55. The minimum absolute atomic E-state index is 0.700. The standard InChI is InChI=1S/C19H22N2O/c1-16-3-5-18(6-4-16)14-21(11-12-22-2)15-19-9-7-17(13-20)8-10-19/h3-10H,11-12,14-15H2,1-2H3. The topological polar surface area (TPSA) is 36.3 Å². The van der Waals surface area contributed by atoms with E-state index in [0.29, 0.717) is 12.2 Å². The summed E-state index contributed by atoms with van der Waals surface area (Å²) in [6.07, 6.45) is 0. The summed E-state index contributed by atoms with van der Waals surface area (Å²) in [5.74, 6) is 0. The number of methoxy groups -OCH3 is 1. The predicted octanol–water partition coefficient (Wildman–Crippen LogP) is 3.52. The monoisotopic (exact) mass is 294 g/mol. The minimum Gasteiger partial charge on any atom is -0.383 e. The Labute approximate surface area is 132 Å². The van der Waals surface area contributed by atoms with Crippen molar-refractivity contribution in [2.24, 2.45) is 0 Å². The largest absolute Gasteiger partial charge is 0.383 e. The summed E-state index contributed by atoms with van der Waals surface area (Å²) in [6, 6.07) is 18.6. The minimum atomic E-state index is 0.700. The van der Waals surface area contributed by atoms with E-state index >= 15 is 0 Å². The van der Waals surface area contributed by atoms with E-state index in [1.807, 2.05) is 24.3 Å². The van der Waals surface area contributed by atoms with Gasteiger partial charge in [-0.1, -0.05) is 42.0 Å². The third-order valence-corrected chi connectivity index (χ3v) is 3.63. The highest BCUT2D eigenvalue weighted by Gasteiger charge is 2.07. The summed E-state index contributed by atoms with van der Waals surface area (Å²) in [7, 11) is 1.73. The second-order valence-electron chi connectivity index (χ2n) is 5.50. The van der Waals surface area contributed by atoms with Crippen LogP contribution in [0.5, 0.6) is 0 Å². The van der Waals surface area contributed by atoms with E-state index in [1.165, 1.54) is 16.7 Å². The molecule has 0 saturated heterocycles. The molecule has 2 rings (SSSR count). The fourth-order valence-corrected chi connectivity index (χ4v) is 2.33. The van der Waals surface area contributed by atoms with Crippen LogP contribution in [0.4, 0.5) is 0 Å². The molecule has 0 unspecified atom stereocenters. The molecule has 22 heavy (non-hydrogen) atoms. The number of ether oxygens (including phenoxy) is 1. The number of benzene rings is 2. The molecule has 0 fully saturated rings. The van der Waals surface area contributed by atoms with Crippen molar-refractivity contribution in [3.8, 4) is 6.07 Å². The maximum Gasteiger partial charge on any atom is 0.0991 e. The number of nitrogens with zero attached hydrogens (tertiary/aromatic N) is 2. The van der Waals surface area contributed by atoms with Gasteiger partial charge in [-0.15, -0.1) is 0 Å². The van der Waals surface area contributed by atoms with Crippen LogP contribution in [0.3, 0.4) is 0 Å². The van der Waals surface area contributed by atoms with Crippen LogP contribution in [0.15, 0.2) is 48.5 Å². The van der Waals surface area contributed by atoms with Crippen LogP contribution >= 0.6 is 0 Å². The first-order valence-electron chi connectivity index (χ1n) is 7.47. The zero-order valence-corrected chi connectivity index (χ0v) is 13.2. The van der Waals surface area contributed by atoms with Crippen LogP contribution in [-0.2, 0) is 17.8 Å². The van der Waals surface area contributed by atoms with Gasteiger partial charge < -0.3 is 4.74 Å². The number of rotatable bonds is 7. The van der Waals surface area contributed by atoms with Crippen molar-refractivity contribution in [1.29, 1.82) is 5.26 Å². The molecule has 0 bridgehead atoms. The van der Waals surface area contributed by atoms with Crippen LogP contribution in [0.1, 0.15) is 22.3 Å². The van der Waals surface area contributed by atoms with Crippen molar-refractivity contribution in [2.45, 2.75) is 20.0 Å². The molecule has 2 aromatic carbocycles. The number of hydrogen-bond acceptors (Lipinski definition) is 3. The molecule has 0 N–H and O–H groups in total. The third-order valence-electron chi connectivity index (χ3n) is 3.63. The van der Waals surface area contributed by atoms with Gasteiger partial charge in [0.1, 0.15) is 0 Å². The Kier molecular flexibility index (Phi) is 6.14. The van der Waals surface area contributed by atoms with Gasteiger partial charge in [0, 0.05) is 26.7 Å². The van der Waals surface area contributed by atoms with Gasteiger partial charge in [-0.3, -0.25) is 4.90 Å². The van der Waals surface area contributed by atoms with Gasteiger partial charge in [0.05, 0.1) is 18.2 Å². The first kappa shape index (κ1) is 16.2. The summed E-state index contributed by atoms with van der Waals surface area (Å²) in [4.78, 5) is 2.36. The summed E-state index contributed by atoms with van der Waals surface area (Å²) >= 11 is 0. The van der Waals surface area contributed by atoms with Crippen molar-refractivity contribution in [1.82, 2.24) is 4.90 Å². The van der Waals surface area contributed by atoms with Gasteiger partial charge in [0.25, 0.3) is 0 Å². The lowest BCUT2D eigenvalue weighted by atomic mass is 10.1. The lowest BCUT2D eigenvalue weighted by Crippen LogP contribution is -2.26. The van der Waals surface area contributed by atoms with E-state index in [2.05, 4.69) is 42.2 Å². The Hall–Kier alpha value is -2.15. The zero-order valence-electron chi connectivity index (χ0n) is 13.2. The predicted molar refractivity (Wildman–Crippen MR) is 88.3 cm³/mol. The molecular weight excluding hydrogens is 272 g/mol. The van der Waals surface area contributed by atoms with Gasteiger partial charge in [-0.2, -0.15) is 5.26 Å². The highest BCUT2D eigenvalue weighted by molar-refractivity contribution is 5.31. The normalized spacial score (nSPS) is 10.6. The van der Waals surface area contributed by atoms with E-state index in [1.54, 1.807) is 7.11 Å². The molecule has 0 aromatic heterocycles. The van der Waals surface area contributed by atoms with E-state index in [4.69, 9.17) is 10.00 Å². The van der Waals surface area contributed by atoms with Crippen LogP contribution in [0, 0.1) is 18.3 Å². The number of hydrogen-bond donors (Lipinski definition) is 0. The maximum absolute atomic E-state index is 8.87. The highest BCUT2D eigenvalue weighted by Crippen LogP contribution is 2.12. The zero-order chi connectivity index (χ0) is 15.8. The van der Waals surface area contributed by atoms with Crippen LogP contribution in [0.25, 0.3) is 0 Å². The fraction of sp³-hybridized carbons (Fsp3) is 0.316. The lowest BCUT2D eigenvalue weighted by Gasteiger charge is -2.22. The van der Waals surface area contributed by atoms with E-state index in [0.717, 1.165) is 19.6 Å². The van der Waals surface area contributed by atoms with Crippen molar-refractivity contribution < 1.29 is 4.74 Å². The number of aryl methyl sites for hydroxylation is 1. The summed E-state index contributed by atoms with van der Waals surface area (Å²) in [5, 5.41) is 8.87. The van der Waals surface area contributed by atoms with Gasteiger partial charge in [0.15, 0.2) is 0 Å². The molecule has 0 aliphatic rings. The molecular formula is C19H22N2O. The molecule has 0 spiro atoms. The molecule has 0 heterocycles. The second kappa shape index (κ2) is 8.33.